The number of nitro groups is 1. The maximum absolute atomic E-state index is 11.9. The molecule has 0 spiro atoms. The number of fused-ring (bicyclic) bond motifs is 1. The van der Waals surface area contributed by atoms with Crippen LogP contribution in [0.15, 0.2) is 18.2 Å². The van der Waals surface area contributed by atoms with E-state index in [1.54, 1.807) is 6.07 Å². The first-order chi connectivity index (χ1) is 8.18. The third kappa shape index (κ3) is 1.42. The van der Waals surface area contributed by atoms with Crippen molar-refractivity contribution in [3.05, 3.63) is 33.9 Å². The van der Waals surface area contributed by atoms with Crippen LogP contribution >= 0.6 is 0 Å². The van der Waals surface area contributed by atoms with Crippen LogP contribution in [0.4, 0.5) is 11.4 Å². The first kappa shape index (κ1) is 10.3. The van der Waals surface area contributed by atoms with Crippen LogP contribution in [0.5, 0.6) is 0 Å². The summed E-state index contributed by atoms with van der Waals surface area (Å²) in [5.74, 6) is 0.0934. The highest BCUT2D eigenvalue weighted by Crippen LogP contribution is 2.47. The van der Waals surface area contributed by atoms with Crippen molar-refractivity contribution in [2.45, 2.75) is 25.2 Å². The number of carbonyl (C=O) groups is 1. The van der Waals surface area contributed by atoms with Gasteiger partial charge in [0, 0.05) is 6.07 Å². The summed E-state index contributed by atoms with van der Waals surface area (Å²) in [6.45, 7) is 0. The molecule has 1 N–H and O–H groups in total. The minimum absolute atomic E-state index is 0.00215. The molecule has 1 atom stereocenters. The van der Waals surface area contributed by atoms with Crippen molar-refractivity contribution in [1.29, 1.82) is 0 Å². The van der Waals surface area contributed by atoms with Crippen LogP contribution in [0.2, 0.25) is 0 Å². The number of nitrogens with one attached hydrogen (secondary N) is 1. The molecule has 1 fully saturated rings. The van der Waals surface area contributed by atoms with Crippen molar-refractivity contribution < 1.29 is 9.72 Å². The monoisotopic (exact) mass is 232 g/mol. The normalized spacial score (nSPS) is 22.8. The van der Waals surface area contributed by atoms with E-state index in [1.165, 1.54) is 6.07 Å². The summed E-state index contributed by atoms with van der Waals surface area (Å²) in [4.78, 5) is 22.3. The molecule has 1 saturated carbocycles. The largest absolute Gasteiger partial charge is 0.320 e. The number of rotatable bonds is 2. The Balaban J connectivity index is 2.07. The molecule has 17 heavy (non-hydrogen) atoms. The van der Waals surface area contributed by atoms with Crippen molar-refractivity contribution in [3.8, 4) is 0 Å². The number of nitrogens with zero attached hydrogens (tertiary/aromatic N) is 1. The molecule has 1 aliphatic carbocycles. The molecule has 1 aliphatic heterocycles. The van der Waals surface area contributed by atoms with Crippen LogP contribution < -0.4 is 5.32 Å². The van der Waals surface area contributed by atoms with E-state index in [0.717, 1.165) is 24.8 Å². The second-order valence-electron chi connectivity index (χ2n) is 4.66. The Morgan fingerprint density at radius 1 is 1.35 bits per heavy atom. The molecule has 5 heteroatoms. The molecule has 0 aromatic heterocycles. The van der Waals surface area contributed by atoms with Crippen LogP contribution in [0.3, 0.4) is 0 Å². The number of hydrogen-bond acceptors (Lipinski definition) is 3. The van der Waals surface area contributed by atoms with Gasteiger partial charge in [0.05, 0.1) is 10.8 Å². The number of benzene rings is 1. The Kier molecular flexibility index (Phi) is 2.14. The Hall–Kier alpha value is -1.91. The lowest BCUT2D eigenvalue weighted by molar-refractivity contribution is -0.383. The molecule has 0 saturated heterocycles. The first-order valence-corrected chi connectivity index (χ1v) is 5.76. The number of nitro benzene ring substituents is 1. The molecule has 1 unspecified atom stereocenters. The standard InChI is InChI=1S/C12H12N2O3/c15-12-10(7-3-1-4-7)8-5-2-6-9(14(16)17)11(8)13-12/h2,5-7,10H,1,3-4H2,(H,13,15). The lowest BCUT2D eigenvalue weighted by Gasteiger charge is -2.29. The predicted molar refractivity (Wildman–Crippen MR) is 61.8 cm³/mol. The highest BCUT2D eigenvalue weighted by atomic mass is 16.6. The number of hydrogen-bond donors (Lipinski definition) is 1. The van der Waals surface area contributed by atoms with Gasteiger partial charge in [0.15, 0.2) is 0 Å². The van der Waals surface area contributed by atoms with Crippen LogP contribution in [0, 0.1) is 16.0 Å². The van der Waals surface area contributed by atoms with Crippen molar-refractivity contribution in [3.63, 3.8) is 0 Å². The van der Waals surface area contributed by atoms with Crippen molar-refractivity contribution in [1.82, 2.24) is 0 Å². The summed E-state index contributed by atoms with van der Waals surface area (Å²) in [5, 5.41) is 13.5. The van der Waals surface area contributed by atoms with E-state index >= 15 is 0 Å². The van der Waals surface area contributed by atoms with Gasteiger partial charge in [-0.25, -0.2) is 0 Å². The molecule has 1 amide bonds. The minimum atomic E-state index is -0.442. The smallest absolute Gasteiger partial charge is 0.293 e. The van der Waals surface area contributed by atoms with Crippen LogP contribution in [0.1, 0.15) is 30.7 Å². The quantitative estimate of drug-likeness (QED) is 0.628. The third-order valence-corrected chi connectivity index (χ3v) is 3.76. The van der Waals surface area contributed by atoms with Crippen LogP contribution in [-0.2, 0) is 4.79 Å². The maximum atomic E-state index is 11.9. The van der Waals surface area contributed by atoms with Gasteiger partial charge in [-0.1, -0.05) is 18.6 Å². The van der Waals surface area contributed by atoms with Gasteiger partial charge in [0.25, 0.3) is 5.69 Å². The molecule has 2 aliphatic rings. The van der Waals surface area contributed by atoms with E-state index in [0.29, 0.717) is 11.6 Å². The molecule has 3 rings (SSSR count). The number of carbonyl (C=O) groups excluding carboxylic acids is 1. The van der Waals surface area contributed by atoms with Crippen molar-refractivity contribution in [2.24, 2.45) is 5.92 Å². The maximum Gasteiger partial charge on any atom is 0.293 e. The van der Waals surface area contributed by atoms with E-state index in [2.05, 4.69) is 5.32 Å². The summed E-state index contributed by atoms with van der Waals surface area (Å²) in [5.41, 5.74) is 1.20. The van der Waals surface area contributed by atoms with Gasteiger partial charge in [-0.05, 0) is 24.3 Å². The van der Waals surface area contributed by atoms with Crippen molar-refractivity contribution >= 4 is 17.3 Å². The van der Waals surface area contributed by atoms with E-state index in [9.17, 15) is 14.9 Å². The Morgan fingerprint density at radius 2 is 2.12 bits per heavy atom. The number of anilines is 1. The third-order valence-electron chi connectivity index (χ3n) is 3.76. The Labute approximate surface area is 98.0 Å². The molecular weight excluding hydrogens is 220 g/mol. The van der Waals surface area contributed by atoms with Gasteiger partial charge >= 0.3 is 0 Å². The van der Waals surface area contributed by atoms with Gasteiger partial charge in [0.1, 0.15) is 5.69 Å². The predicted octanol–water partition coefficient (Wildman–Crippen LogP) is 2.43. The van der Waals surface area contributed by atoms with Crippen LogP contribution in [0.25, 0.3) is 0 Å². The Bertz CT molecular complexity index is 508. The average Bonchev–Trinajstić information content (AvgIpc) is 2.53. The van der Waals surface area contributed by atoms with E-state index < -0.39 is 4.92 Å². The molecule has 1 aromatic carbocycles. The first-order valence-electron chi connectivity index (χ1n) is 5.76. The molecule has 0 radical (unpaired) electrons. The van der Waals surface area contributed by atoms with Crippen molar-refractivity contribution in [2.75, 3.05) is 5.32 Å². The summed E-state index contributed by atoms with van der Waals surface area (Å²) in [6.07, 6.45) is 3.24. The highest BCUT2D eigenvalue weighted by molar-refractivity contribution is 6.05. The fraction of sp³-hybridized carbons (Fsp3) is 0.417. The average molecular weight is 232 g/mol. The molecule has 5 nitrogen and oxygen atoms in total. The zero-order valence-corrected chi connectivity index (χ0v) is 9.18. The number of para-hydroxylation sites is 1. The molecule has 1 heterocycles. The topological polar surface area (TPSA) is 72.2 Å². The lowest BCUT2D eigenvalue weighted by atomic mass is 9.73. The minimum Gasteiger partial charge on any atom is -0.320 e. The van der Waals surface area contributed by atoms with Gasteiger partial charge in [-0.15, -0.1) is 0 Å². The second kappa shape index (κ2) is 3.55. The molecule has 1 aromatic rings. The van der Waals surface area contributed by atoms with Gasteiger partial charge in [-0.3, -0.25) is 14.9 Å². The van der Waals surface area contributed by atoms with Gasteiger partial charge in [-0.2, -0.15) is 0 Å². The second-order valence-corrected chi connectivity index (χ2v) is 4.66. The van der Waals surface area contributed by atoms with Crippen LogP contribution in [-0.4, -0.2) is 10.8 Å². The van der Waals surface area contributed by atoms with E-state index in [-0.39, 0.29) is 17.5 Å². The molecule has 88 valence electrons. The number of amides is 1. The zero-order valence-electron chi connectivity index (χ0n) is 9.18. The fourth-order valence-corrected chi connectivity index (χ4v) is 2.69. The highest BCUT2D eigenvalue weighted by Gasteiger charge is 2.41. The summed E-state index contributed by atoms with van der Waals surface area (Å²) in [7, 11) is 0. The summed E-state index contributed by atoms with van der Waals surface area (Å²) in [6, 6.07) is 4.91. The molecular formula is C12H12N2O3. The van der Waals surface area contributed by atoms with E-state index in [1.807, 2.05) is 6.07 Å². The summed E-state index contributed by atoms with van der Waals surface area (Å²) >= 11 is 0. The van der Waals surface area contributed by atoms with Gasteiger partial charge < -0.3 is 5.32 Å². The SMILES string of the molecule is O=C1Nc2c(cccc2[N+](=O)[O-])C1C1CCC1. The zero-order chi connectivity index (χ0) is 12.0. The Morgan fingerprint density at radius 3 is 2.71 bits per heavy atom. The summed E-state index contributed by atoms with van der Waals surface area (Å²) < 4.78 is 0. The fourth-order valence-electron chi connectivity index (χ4n) is 2.69. The lowest BCUT2D eigenvalue weighted by Crippen LogP contribution is -2.25. The van der Waals surface area contributed by atoms with E-state index in [4.69, 9.17) is 0 Å². The van der Waals surface area contributed by atoms with Gasteiger partial charge in [0.2, 0.25) is 5.91 Å². The molecule has 0 bridgehead atoms.